The molecule has 3 nitrogen and oxygen atoms in total. The summed E-state index contributed by atoms with van der Waals surface area (Å²) in [6.07, 6.45) is 2.35. The van der Waals surface area contributed by atoms with Crippen LogP contribution in [0.3, 0.4) is 0 Å². The Kier molecular flexibility index (Phi) is 5.11. The molecule has 4 heteroatoms. The van der Waals surface area contributed by atoms with Crippen molar-refractivity contribution in [1.29, 1.82) is 0 Å². The summed E-state index contributed by atoms with van der Waals surface area (Å²) >= 11 is 1.75. The number of aliphatic hydroxyl groups excluding tert-OH is 1. The first-order valence-corrected chi connectivity index (χ1v) is 7.32. The van der Waals surface area contributed by atoms with Crippen molar-refractivity contribution in [3.8, 4) is 0 Å². The lowest BCUT2D eigenvalue weighted by atomic mass is 10.3. The molecule has 0 aliphatic carbocycles. The first kappa shape index (κ1) is 13.5. The summed E-state index contributed by atoms with van der Waals surface area (Å²) in [5.41, 5.74) is 1.08. The van der Waals surface area contributed by atoms with Crippen molar-refractivity contribution in [3.05, 3.63) is 29.3 Å². The number of benzene rings is 1. The molecule has 0 aliphatic heterocycles. The van der Waals surface area contributed by atoms with E-state index >= 15 is 0 Å². The van der Waals surface area contributed by atoms with Crippen LogP contribution in [0, 0.1) is 0 Å². The van der Waals surface area contributed by atoms with Crippen LogP contribution in [0.1, 0.15) is 24.8 Å². The van der Waals surface area contributed by atoms with Crippen molar-refractivity contribution >= 4 is 21.6 Å². The average Bonchev–Trinajstić information content (AvgIpc) is 2.78. The van der Waals surface area contributed by atoms with Gasteiger partial charge in [-0.05, 0) is 25.1 Å². The molecule has 0 unspecified atom stereocenters. The largest absolute Gasteiger partial charge is 0.395 e. The molecular formula is C14H20N2OS. The van der Waals surface area contributed by atoms with Gasteiger partial charge in [0.05, 0.1) is 23.4 Å². The Hall–Kier alpha value is -0.970. The third kappa shape index (κ3) is 3.51. The second-order valence-corrected chi connectivity index (χ2v) is 5.54. The summed E-state index contributed by atoms with van der Waals surface area (Å²) in [5, 5.41) is 10.2. The quantitative estimate of drug-likeness (QED) is 0.835. The van der Waals surface area contributed by atoms with Crippen molar-refractivity contribution in [2.75, 3.05) is 19.7 Å². The lowest BCUT2D eigenvalue weighted by molar-refractivity contribution is 0.188. The second-order valence-electron chi connectivity index (χ2n) is 4.43. The van der Waals surface area contributed by atoms with Gasteiger partial charge < -0.3 is 5.11 Å². The summed E-state index contributed by atoms with van der Waals surface area (Å²) in [7, 11) is 0. The fourth-order valence-electron chi connectivity index (χ4n) is 1.97. The summed E-state index contributed by atoms with van der Waals surface area (Å²) in [5.74, 6) is 0. The van der Waals surface area contributed by atoms with E-state index in [0.717, 1.165) is 30.2 Å². The highest BCUT2D eigenvalue weighted by atomic mass is 32.1. The van der Waals surface area contributed by atoms with Gasteiger partial charge in [-0.3, -0.25) is 4.90 Å². The zero-order chi connectivity index (χ0) is 12.8. The summed E-state index contributed by atoms with van der Waals surface area (Å²) < 4.78 is 1.24. The molecule has 0 spiro atoms. The van der Waals surface area contributed by atoms with Crippen LogP contribution in [-0.2, 0) is 6.54 Å². The number of fused-ring (bicyclic) bond motifs is 1. The predicted molar refractivity (Wildman–Crippen MR) is 76.9 cm³/mol. The van der Waals surface area contributed by atoms with E-state index < -0.39 is 0 Å². The molecule has 1 heterocycles. The lowest BCUT2D eigenvalue weighted by Gasteiger charge is -2.19. The molecule has 0 bridgehead atoms. The van der Waals surface area contributed by atoms with Crippen molar-refractivity contribution in [2.45, 2.75) is 26.3 Å². The zero-order valence-corrected chi connectivity index (χ0v) is 11.6. The maximum atomic E-state index is 9.10. The number of unbranched alkanes of at least 4 members (excludes halogenated alkanes) is 1. The van der Waals surface area contributed by atoms with E-state index in [2.05, 4.69) is 28.9 Å². The highest BCUT2D eigenvalue weighted by Gasteiger charge is 2.09. The molecule has 2 aromatic rings. The molecule has 2 rings (SSSR count). The maximum absolute atomic E-state index is 9.10. The summed E-state index contributed by atoms with van der Waals surface area (Å²) in [4.78, 5) is 6.92. The number of hydrogen-bond acceptors (Lipinski definition) is 4. The van der Waals surface area contributed by atoms with Crippen molar-refractivity contribution in [3.63, 3.8) is 0 Å². The first-order valence-electron chi connectivity index (χ1n) is 6.51. The number of nitrogens with zero attached hydrogens (tertiary/aromatic N) is 2. The van der Waals surface area contributed by atoms with Crippen LogP contribution in [0.5, 0.6) is 0 Å². The Bertz CT molecular complexity index is 450. The first-order chi connectivity index (χ1) is 8.83. The van der Waals surface area contributed by atoms with Gasteiger partial charge in [0.2, 0.25) is 0 Å². The number of rotatable bonds is 7. The van der Waals surface area contributed by atoms with Crippen molar-refractivity contribution in [2.24, 2.45) is 0 Å². The molecule has 0 aliphatic rings. The van der Waals surface area contributed by atoms with Gasteiger partial charge in [0.25, 0.3) is 0 Å². The Morgan fingerprint density at radius 3 is 2.83 bits per heavy atom. The Labute approximate surface area is 112 Å². The van der Waals surface area contributed by atoms with E-state index in [9.17, 15) is 0 Å². The number of para-hydroxylation sites is 1. The number of hydrogen-bond donors (Lipinski definition) is 1. The van der Waals surface area contributed by atoms with Gasteiger partial charge in [0.15, 0.2) is 0 Å². The van der Waals surface area contributed by atoms with Crippen LogP contribution in [0.4, 0.5) is 0 Å². The van der Waals surface area contributed by atoms with Gasteiger partial charge >= 0.3 is 0 Å². The van der Waals surface area contributed by atoms with Gasteiger partial charge in [-0.1, -0.05) is 25.5 Å². The average molecular weight is 264 g/mol. The standard InChI is InChI=1S/C14H20N2OS/c1-2-3-8-16(9-10-17)11-14-15-12-6-4-5-7-13(12)18-14/h4-7,17H,2-3,8-11H2,1H3. The Balaban J connectivity index is 2.05. The molecule has 1 N–H and O–H groups in total. The monoisotopic (exact) mass is 264 g/mol. The molecule has 1 aromatic heterocycles. The normalized spacial score (nSPS) is 11.5. The highest BCUT2D eigenvalue weighted by Crippen LogP contribution is 2.22. The molecule has 0 saturated carbocycles. The van der Waals surface area contributed by atoms with Gasteiger partial charge in [-0.15, -0.1) is 11.3 Å². The lowest BCUT2D eigenvalue weighted by Crippen LogP contribution is -2.27. The van der Waals surface area contributed by atoms with E-state index in [4.69, 9.17) is 5.11 Å². The topological polar surface area (TPSA) is 36.4 Å². The van der Waals surface area contributed by atoms with Crippen LogP contribution in [0.15, 0.2) is 24.3 Å². The highest BCUT2D eigenvalue weighted by molar-refractivity contribution is 7.18. The van der Waals surface area contributed by atoms with E-state index in [1.54, 1.807) is 11.3 Å². The van der Waals surface area contributed by atoms with E-state index in [1.807, 2.05) is 12.1 Å². The Morgan fingerprint density at radius 1 is 1.28 bits per heavy atom. The van der Waals surface area contributed by atoms with Crippen LogP contribution >= 0.6 is 11.3 Å². The minimum atomic E-state index is 0.217. The van der Waals surface area contributed by atoms with Gasteiger partial charge in [0, 0.05) is 6.54 Å². The SMILES string of the molecule is CCCCN(CCO)Cc1nc2ccccc2s1. The third-order valence-corrected chi connectivity index (χ3v) is 3.96. The minimum absolute atomic E-state index is 0.217. The zero-order valence-electron chi connectivity index (χ0n) is 10.8. The van der Waals surface area contributed by atoms with E-state index in [-0.39, 0.29) is 6.61 Å². The minimum Gasteiger partial charge on any atom is -0.395 e. The third-order valence-electron chi connectivity index (χ3n) is 2.94. The van der Waals surface area contributed by atoms with Crippen LogP contribution < -0.4 is 0 Å². The van der Waals surface area contributed by atoms with Gasteiger partial charge in [0.1, 0.15) is 5.01 Å². The second kappa shape index (κ2) is 6.83. The Morgan fingerprint density at radius 2 is 2.11 bits per heavy atom. The smallest absolute Gasteiger partial charge is 0.108 e. The molecule has 0 amide bonds. The molecular weight excluding hydrogens is 244 g/mol. The molecule has 0 fully saturated rings. The summed E-state index contributed by atoms with van der Waals surface area (Å²) in [6.45, 7) is 5.02. The van der Waals surface area contributed by atoms with Crippen LogP contribution in [0.2, 0.25) is 0 Å². The van der Waals surface area contributed by atoms with E-state index in [0.29, 0.717) is 0 Å². The number of aliphatic hydroxyl groups is 1. The fraction of sp³-hybridized carbons (Fsp3) is 0.500. The van der Waals surface area contributed by atoms with Crippen molar-refractivity contribution in [1.82, 2.24) is 9.88 Å². The van der Waals surface area contributed by atoms with E-state index in [1.165, 1.54) is 17.5 Å². The number of aromatic nitrogens is 1. The maximum Gasteiger partial charge on any atom is 0.108 e. The molecule has 1 aromatic carbocycles. The fourth-order valence-corrected chi connectivity index (χ4v) is 2.98. The van der Waals surface area contributed by atoms with Crippen LogP contribution in [-0.4, -0.2) is 34.7 Å². The number of thiazole rings is 1. The van der Waals surface area contributed by atoms with Gasteiger partial charge in [-0.2, -0.15) is 0 Å². The molecule has 0 atom stereocenters. The molecule has 0 saturated heterocycles. The predicted octanol–water partition coefficient (Wildman–Crippen LogP) is 2.89. The molecule has 98 valence electrons. The van der Waals surface area contributed by atoms with Crippen molar-refractivity contribution < 1.29 is 5.11 Å². The van der Waals surface area contributed by atoms with Gasteiger partial charge in [-0.25, -0.2) is 4.98 Å². The summed E-state index contributed by atoms with van der Waals surface area (Å²) in [6, 6.07) is 8.23. The van der Waals surface area contributed by atoms with Crippen LogP contribution in [0.25, 0.3) is 10.2 Å². The molecule has 0 radical (unpaired) electrons. The molecule has 18 heavy (non-hydrogen) atoms.